The van der Waals surface area contributed by atoms with Crippen LogP contribution in [0.2, 0.25) is 0 Å². The first kappa shape index (κ1) is 18.4. The monoisotopic (exact) mass is 347 g/mol. The Bertz CT molecular complexity index is 642. The van der Waals surface area contributed by atoms with Gasteiger partial charge in [-0.25, -0.2) is 0 Å². The van der Waals surface area contributed by atoms with Crippen LogP contribution >= 0.6 is 0 Å². The molecule has 0 fully saturated rings. The Morgan fingerprint density at radius 2 is 1.96 bits per heavy atom. The zero-order chi connectivity index (χ0) is 18.1. The van der Waals surface area contributed by atoms with E-state index in [1.54, 1.807) is 12.1 Å². The smallest absolute Gasteiger partial charge is 0.309 e. The van der Waals surface area contributed by atoms with Crippen LogP contribution in [0.3, 0.4) is 0 Å². The van der Waals surface area contributed by atoms with Gasteiger partial charge in [-0.1, -0.05) is 12.2 Å². The third kappa shape index (κ3) is 6.25. The lowest BCUT2D eigenvalue weighted by Crippen LogP contribution is -2.33. The molecule has 1 aromatic carbocycles. The van der Waals surface area contributed by atoms with E-state index in [0.717, 1.165) is 18.5 Å². The van der Waals surface area contributed by atoms with Crippen LogP contribution in [-0.2, 0) is 14.3 Å². The summed E-state index contributed by atoms with van der Waals surface area (Å²) < 4.78 is 5.03. The van der Waals surface area contributed by atoms with Crippen molar-refractivity contribution >= 4 is 23.3 Å². The molecule has 25 heavy (non-hydrogen) atoms. The van der Waals surface area contributed by atoms with E-state index < -0.39 is 4.92 Å². The molecular weight excluding hydrogens is 326 g/mol. The average Bonchev–Trinajstić information content (AvgIpc) is 2.64. The van der Waals surface area contributed by atoms with Gasteiger partial charge < -0.3 is 15.4 Å². The lowest BCUT2D eigenvalue weighted by Gasteiger charge is -2.16. The predicted octanol–water partition coefficient (Wildman–Crippen LogP) is 2.02. The molecular formula is C17H21N3O5. The maximum Gasteiger partial charge on any atom is 0.309 e. The molecule has 1 aliphatic carbocycles. The number of hydrogen-bond acceptors (Lipinski definition) is 6. The van der Waals surface area contributed by atoms with Gasteiger partial charge in [0.25, 0.3) is 11.6 Å². The van der Waals surface area contributed by atoms with Crippen molar-refractivity contribution in [2.45, 2.75) is 19.3 Å². The van der Waals surface area contributed by atoms with Gasteiger partial charge in [0, 0.05) is 30.9 Å². The second-order valence-electron chi connectivity index (χ2n) is 5.67. The molecule has 134 valence electrons. The quantitative estimate of drug-likeness (QED) is 0.245. The molecule has 0 saturated carbocycles. The molecule has 0 unspecified atom stereocenters. The molecule has 8 heteroatoms. The average molecular weight is 347 g/mol. The highest BCUT2D eigenvalue weighted by Crippen LogP contribution is 2.19. The van der Waals surface area contributed by atoms with Gasteiger partial charge in [-0.3, -0.25) is 19.7 Å². The lowest BCUT2D eigenvalue weighted by atomic mass is 9.95. The highest BCUT2D eigenvalue weighted by Gasteiger charge is 2.20. The van der Waals surface area contributed by atoms with Crippen molar-refractivity contribution in [3.63, 3.8) is 0 Å². The third-order valence-corrected chi connectivity index (χ3v) is 3.80. The van der Waals surface area contributed by atoms with Crippen molar-refractivity contribution in [2.24, 2.45) is 5.92 Å². The number of rotatable bonds is 8. The summed E-state index contributed by atoms with van der Waals surface area (Å²) >= 11 is 0. The van der Waals surface area contributed by atoms with Crippen molar-refractivity contribution in [3.8, 4) is 0 Å². The number of carbonyl (C=O) groups is 2. The number of nitrogens with one attached hydrogen (secondary N) is 2. The van der Waals surface area contributed by atoms with Crippen LogP contribution in [0.4, 0.5) is 11.4 Å². The maximum atomic E-state index is 11.8. The van der Waals surface area contributed by atoms with E-state index in [0.29, 0.717) is 19.5 Å². The summed E-state index contributed by atoms with van der Waals surface area (Å²) in [5, 5.41) is 16.2. The fraction of sp³-hybridized carbons (Fsp3) is 0.412. The molecule has 1 aliphatic rings. The second kappa shape index (κ2) is 9.41. The minimum Gasteiger partial charge on any atom is -0.455 e. The van der Waals surface area contributed by atoms with Crippen LogP contribution in [0, 0.1) is 16.0 Å². The Balaban J connectivity index is 1.59. The van der Waals surface area contributed by atoms with Gasteiger partial charge in [-0.15, -0.1) is 0 Å². The zero-order valence-corrected chi connectivity index (χ0v) is 13.8. The number of amides is 1. The fourth-order valence-corrected chi connectivity index (χ4v) is 2.42. The molecule has 0 aliphatic heterocycles. The zero-order valence-electron chi connectivity index (χ0n) is 13.8. The fourth-order valence-electron chi connectivity index (χ4n) is 2.42. The van der Waals surface area contributed by atoms with Crippen molar-refractivity contribution in [1.29, 1.82) is 0 Å². The molecule has 2 rings (SSSR count). The summed E-state index contributed by atoms with van der Waals surface area (Å²) in [6, 6.07) is 6.00. The lowest BCUT2D eigenvalue weighted by molar-refractivity contribution is -0.384. The second-order valence-corrected chi connectivity index (χ2v) is 5.67. The summed E-state index contributed by atoms with van der Waals surface area (Å²) in [6.45, 7) is 0.515. The molecule has 2 N–H and O–H groups in total. The van der Waals surface area contributed by atoms with Crippen molar-refractivity contribution in [1.82, 2.24) is 5.32 Å². The first-order chi connectivity index (χ1) is 12.1. The van der Waals surface area contributed by atoms with Crippen molar-refractivity contribution in [2.75, 3.05) is 25.0 Å². The van der Waals surface area contributed by atoms with E-state index in [9.17, 15) is 19.7 Å². The van der Waals surface area contributed by atoms with Crippen LogP contribution in [0.1, 0.15) is 19.3 Å². The molecule has 0 aromatic heterocycles. The summed E-state index contributed by atoms with van der Waals surface area (Å²) in [5.41, 5.74) is 0.741. The highest BCUT2D eigenvalue weighted by atomic mass is 16.6. The Morgan fingerprint density at radius 3 is 2.60 bits per heavy atom. The number of esters is 1. The van der Waals surface area contributed by atoms with Gasteiger partial charge in [-0.05, 0) is 31.4 Å². The SMILES string of the molecule is O=C(COC(=O)[C@H]1CC=CCC1)NCCNc1ccc([N+](=O)[O-])cc1. The van der Waals surface area contributed by atoms with Crippen LogP contribution in [0.25, 0.3) is 0 Å². The van der Waals surface area contributed by atoms with Gasteiger partial charge in [0.05, 0.1) is 10.8 Å². The number of nitro groups is 1. The molecule has 0 bridgehead atoms. The number of hydrogen-bond donors (Lipinski definition) is 2. The number of carbonyl (C=O) groups excluding carboxylic acids is 2. The van der Waals surface area contributed by atoms with Gasteiger partial charge in [0.2, 0.25) is 0 Å². The minimum atomic E-state index is -0.463. The normalized spacial score (nSPS) is 16.1. The molecule has 1 amide bonds. The third-order valence-electron chi connectivity index (χ3n) is 3.80. The Morgan fingerprint density at radius 1 is 1.20 bits per heavy atom. The van der Waals surface area contributed by atoms with E-state index >= 15 is 0 Å². The Kier molecular flexibility index (Phi) is 6.94. The summed E-state index contributed by atoms with van der Waals surface area (Å²) in [7, 11) is 0. The van der Waals surface area contributed by atoms with Crippen LogP contribution in [-0.4, -0.2) is 36.5 Å². The van der Waals surface area contributed by atoms with Gasteiger partial charge >= 0.3 is 5.97 Å². The summed E-state index contributed by atoms with van der Waals surface area (Å²) in [4.78, 5) is 33.5. The van der Waals surface area contributed by atoms with Crippen LogP contribution in [0.15, 0.2) is 36.4 Å². The standard InChI is InChI=1S/C17H21N3O5/c21-16(12-25-17(22)13-4-2-1-3-5-13)19-11-10-18-14-6-8-15(9-7-14)20(23)24/h1-2,6-9,13,18H,3-5,10-12H2,(H,19,21)/t13-/m0/s1. The number of nitro benzene ring substituents is 1. The highest BCUT2D eigenvalue weighted by molar-refractivity contribution is 5.81. The number of allylic oxidation sites excluding steroid dienone is 2. The number of nitrogens with zero attached hydrogens (tertiary/aromatic N) is 1. The van der Waals surface area contributed by atoms with E-state index in [1.165, 1.54) is 12.1 Å². The first-order valence-electron chi connectivity index (χ1n) is 8.13. The Hall–Kier alpha value is -2.90. The van der Waals surface area contributed by atoms with Gasteiger partial charge in [-0.2, -0.15) is 0 Å². The number of benzene rings is 1. The number of non-ortho nitro benzene ring substituents is 1. The Labute approximate surface area is 145 Å². The van der Waals surface area contributed by atoms with E-state index in [-0.39, 0.29) is 30.1 Å². The largest absolute Gasteiger partial charge is 0.455 e. The van der Waals surface area contributed by atoms with Crippen molar-refractivity contribution in [3.05, 3.63) is 46.5 Å². The molecule has 0 saturated heterocycles. The van der Waals surface area contributed by atoms with E-state index in [4.69, 9.17) is 4.74 Å². The van der Waals surface area contributed by atoms with Crippen LogP contribution in [0.5, 0.6) is 0 Å². The van der Waals surface area contributed by atoms with E-state index in [2.05, 4.69) is 10.6 Å². The van der Waals surface area contributed by atoms with Gasteiger partial charge in [0.15, 0.2) is 6.61 Å². The molecule has 0 heterocycles. The predicted molar refractivity (Wildman–Crippen MR) is 92.0 cm³/mol. The van der Waals surface area contributed by atoms with Gasteiger partial charge in [0.1, 0.15) is 0 Å². The van der Waals surface area contributed by atoms with Crippen molar-refractivity contribution < 1.29 is 19.2 Å². The molecule has 0 spiro atoms. The molecule has 1 atom stereocenters. The van der Waals surface area contributed by atoms with E-state index in [1.807, 2.05) is 12.2 Å². The molecule has 1 aromatic rings. The first-order valence-corrected chi connectivity index (χ1v) is 8.13. The maximum absolute atomic E-state index is 11.8. The topological polar surface area (TPSA) is 111 Å². The molecule has 0 radical (unpaired) electrons. The summed E-state index contributed by atoms with van der Waals surface area (Å²) in [5.74, 6) is -0.838. The number of ether oxygens (including phenoxy) is 1. The van der Waals surface area contributed by atoms with Crippen LogP contribution < -0.4 is 10.6 Å². The minimum absolute atomic E-state index is 0.0223. The summed E-state index contributed by atoms with van der Waals surface area (Å²) in [6.07, 6.45) is 6.28. The molecule has 8 nitrogen and oxygen atoms in total. The number of anilines is 1.